The summed E-state index contributed by atoms with van der Waals surface area (Å²) in [5.74, 6) is -0.0179. The number of carboxylic acid groups (broad SMARTS) is 1. The molecule has 1 atom stereocenters. The molecule has 0 radical (unpaired) electrons. The van der Waals surface area contributed by atoms with Gasteiger partial charge in [0.15, 0.2) is 11.5 Å². The Balaban J connectivity index is 0.00000264. The van der Waals surface area contributed by atoms with Crippen molar-refractivity contribution in [3.8, 4) is 11.5 Å². The Labute approximate surface area is 140 Å². The van der Waals surface area contributed by atoms with Crippen molar-refractivity contribution in [1.29, 1.82) is 0 Å². The van der Waals surface area contributed by atoms with Crippen LogP contribution in [-0.4, -0.2) is 42.8 Å². The van der Waals surface area contributed by atoms with Gasteiger partial charge in [0.1, 0.15) is 19.3 Å². The van der Waals surface area contributed by atoms with Crippen LogP contribution in [0.15, 0.2) is 18.2 Å². The van der Waals surface area contributed by atoms with E-state index in [4.69, 9.17) is 14.6 Å². The molecular formula is C15H21ClN2O5. The molecule has 1 aliphatic heterocycles. The number of rotatable bonds is 7. The summed E-state index contributed by atoms with van der Waals surface area (Å²) in [6, 6.07) is 4.42. The molecule has 0 spiro atoms. The van der Waals surface area contributed by atoms with E-state index in [0.29, 0.717) is 36.8 Å². The van der Waals surface area contributed by atoms with Crippen molar-refractivity contribution in [2.45, 2.75) is 25.8 Å². The van der Waals surface area contributed by atoms with Crippen LogP contribution in [0.1, 0.15) is 19.8 Å². The minimum atomic E-state index is -0.950. The first kappa shape index (κ1) is 19.1. The van der Waals surface area contributed by atoms with Crippen molar-refractivity contribution >= 4 is 30.0 Å². The van der Waals surface area contributed by atoms with Crippen LogP contribution >= 0.6 is 12.4 Å². The van der Waals surface area contributed by atoms with Crippen LogP contribution in [0.25, 0.3) is 0 Å². The number of hydrogen-bond acceptors (Lipinski definition) is 5. The number of carbonyl (C=O) groups excluding carboxylic acids is 1. The Hall–Kier alpha value is -1.99. The van der Waals surface area contributed by atoms with E-state index in [1.807, 2.05) is 6.92 Å². The summed E-state index contributed by atoms with van der Waals surface area (Å²) in [4.78, 5) is 22.9. The molecular weight excluding hydrogens is 324 g/mol. The largest absolute Gasteiger partial charge is 0.486 e. The second kappa shape index (κ2) is 9.22. The van der Waals surface area contributed by atoms with E-state index in [0.717, 1.165) is 6.42 Å². The number of fused-ring (bicyclic) bond motifs is 1. The summed E-state index contributed by atoms with van der Waals surface area (Å²) in [5.41, 5.74) is 0.582. The Morgan fingerprint density at radius 3 is 2.61 bits per heavy atom. The molecule has 1 heterocycles. The number of ether oxygens (including phenoxy) is 2. The summed E-state index contributed by atoms with van der Waals surface area (Å²) >= 11 is 0. The van der Waals surface area contributed by atoms with Gasteiger partial charge in [-0.15, -0.1) is 12.4 Å². The van der Waals surface area contributed by atoms with E-state index in [-0.39, 0.29) is 24.9 Å². The minimum absolute atomic E-state index is 0. The molecule has 1 aliphatic rings. The number of carbonyl (C=O) groups is 2. The molecule has 1 aromatic carbocycles. The van der Waals surface area contributed by atoms with Crippen LogP contribution in [0.4, 0.5) is 5.69 Å². The first-order valence-corrected chi connectivity index (χ1v) is 7.26. The molecule has 1 unspecified atom stereocenters. The number of nitrogens with one attached hydrogen (secondary N) is 2. The van der Waals surface area contributed by atoms with Gasteiger partial charge < -0.3 is 19.9 Å². The van der Waals surface area contributed by atoms with Crippen LogP contribution in [0, 0.1) is 0 Å². The zero-order valence-corrected chi connectivity index (χ0v) is 13.6. The highest BCUT2D eigenvalue weighted by Crippen LogP contribution is 2.32. The maximum Gasteiger partial charge on any atom is 0.320 e. The van der Waals surface area contributed by atoms with Crippen LogP contribution in [-0.2, 0) is 9.59 Å². The topological polar surface area (TPSA) is 96.9 Å². The van der Waals surface area contributed by atoms with Crippen LogP contribution in [0.5, 0.6) is 11.5 Å². The Kier molecular flexibility index (Phi) is 7.64. The van der Waals surface area contributed by atoms with E-state index < -0.39 is 12.0 Å². The zero-order valence-electron chi connectivity index (χ0n) is 12.8. The fraction of sp³-hybridized carbons (Fsp3) is 0.467. The number of amides is 1. The van der Waals surface area contributed by atoms with Crippen molar-refractivity contribution in [1.82, 2.24) is 5.32 Å². The third kappa shape index (κ3) is 5.61. The molecule has 0 saturated carbocycles. The molecule has 0 aromatic heterocycles. The molecule has 1 aromatic rings. The number of anilines is 1. The lowest BCUT2D eigenvalue weighted by Gasteiger charge is -2.19. The number of benzene rings is 1. The zero-order chi connectivity index (χ0) is 15.9. The van der Waals surface area contributed by atoms with Crippen LogP contribution < -0.4 is 20.1 Å². The second-order valence-corrected chi connectivity index (χ2v) is 4.97. The maximum absolute atomic E-state index is 11.9. The van der Waals surface area contributed by atoms with Gasteiger partial charge in [0.25, 0.3) is 0 Å². The molecule has 7 nitrogen and oxygen atoms in total. The first-order valence-electron chi connectivity index (χ1n) is 7.26. The van der Waals surface area contributed by atoms with E-state index in [2.05, 4.69) is 10.6 Å². The summed E-state index contributed by atoms with van der Waals surface area (Å²) < 4.78 is 10.8. The number of hydrogen-bond donors (Lipinski definition) is 3. The molecule has 3 N–H and O–H groups in total. The highest BCUT2D eigenvalue weighted by molar-refractivity contribution is 5.93. The van der Waals surface area contributed by atoms with Gasteiger partial charge in [-0.25, -0.2) is 0 Å². The molecule has 128 valence electrons. The van der Waals surface area contributed by atoms with Gasteiger partial charge >= 0.3 is 5.97 Å². The van der Waals surface area contributed by atoms with Gasteiger partial charge in [0.05, 0.1) is 6.54 Å². The van der Waals surface area contributed by atoms with Crippen molar-refractivity contribution in [3.63, 3.8) is 0 Å². The molecule has 0 saturated heterocycles. The predicted octanol–water partition coefficient (Wildman–Crippen LogP) is 1.66. The third-order valence-corrected chi connectivity index (χ3v) is 3.21. The van der Waals surface area contributed by atoms with Gasteiger partial charge in [0, 0.05) is 11.8 Å². The van der Waals surface area contributed by atoms with Crippen molar-refractivity contribution in [2.75, 3.05) is 25.1 Å². The van der Waals surface area contributed by atoms with Gasteiger partial charge in [0.2, 0.25) is 5.91 Å². The van der Waals surface area contributed by atoms with Crippen molar-refractivity contribution < 1.29 is 24.2 Å². The monoisotopic (exact) mass is 344 g/mol. The lowest BCUT2D eigenvalue weighted by atomic mass is 10.1. The average Bonchev–Trinajstić information content (AvgIpc) is 2.51. The normalized spacial score (nSPS) is 13.6. The number of aliphatic carboxylic acids is 1. The quantitative estimate of drug-likeness (QED) is 0.696. The molecule has 23 heavy (non-hydrogen) atoms. The number of carboxylic acids is 1. The molecule has 0 bridgehead atoms. The lowest BCUT2D eigenvalue weighted by molar-refractivity contribution is -0.139. The third-order valence-electron chi connectivity index (χ3n) is 3.21. The Morgan fingerprint density at radius 2 is 1.96 bits per heavy atom. The Morgan fingerprint density at radius 1 is 1.26 bits per heavy atom. The molecule has 2 rings (SSSR count). The standard InChI is InChI=1S/C15H20N2O5.ClH/c1-2-3-11(15(19)20)16-9-14(18)17-10-4-5-12-13(8-10)22-7-6-21-12;/h4-5,8,11,16H,2-3,6-7,9H2,1H3,(H,17,18)(H,19,20);1H. The van der Waals surface area contributed by atoms with Crippen LogP contribution in [0.2, 0.25) is 0 Å². The lowest BCUT2D eigenvalue weighted by Crippen LogP contribution is -2.41. The van der Waals surface area contributed by atoms with Gasteiger partial charge in [-0.1, -0.05) is 13.3 Å². The van der Waals surface area contributed by atoms with Crippen molar-refractivity contribution in [3.05, 3.63) is 18.2 Å². The summed E-state index contributed by atoms with van der Waals surface area (Å²) in [6.07, 6.45) is 1.21. The van der Waals surface area contributed by atoms with E-state index in [9.17, 15) is 9.59 Å². The highest BCUT2D eigenvalue weighted by Gasteiger charge is 2.17. The smallest absolute Gasteiger partial charge is 0.320 e. The Bertz CT molecular complexity index is 553. The average molecular weight is 345 g/mol. The van der Waals surface area contributed by atoms with E-state index in [1.165, 1.54) is 0 Å². The maximum atomic E-state index is 11.9. The molecule has 1 amide bonds. The van der Waals surface area contributed by atoms with E-state index >= 15 is 0 Å². The molecule has 8 heteroatoms. The van der Waals surface area contributed by atoms with Gasteiger partial charge in [-0.05, 0) is 18.6 Å². The summed E-state index contributed by atoms with van der Waals surface area (Å²) in [5, 5.41) is 14.4. The highest BCUT2D eigenvalue weighted by atomic mass is 35.5. The van der Waals surface area contributed by atoms with Gasteiger partial charge in [-0.3, -0.25) is 14.9 Å². The fourth-order valence-electron chi connectivity index (χ4n) is 2.14. The molecule has 0 aliphatic carbocycles. The minimum Gasteiger partial charge on any atom is -0.486 e. The fourth-order valence-corrected chi connectivity index (χ4v) is 2.14. The van der Waals surface area contributed by atoms with Crippen LogP contribution in [0.3, 0.4) is 0 Å². The summed E-state index contributed by atoms with van der Waals surface area (Å²) in [6.45, 7) is 2.82. The van der Waals surface area contributed by atoms with Gasteiger partial charge in [-0.2, -0.15) is 0 Å². The summed E-state index contributed by atoms with van der Waals surface area (Å²) in [7, 11) is 0. The predicted molar refractivity (Wildman–Crippen MR) is 87.6 cm³/mol. The van der Waals surface area contributed by atoms with E-state index in [1.54, 1.807) is 18.2 Å². The second-order valence-electron chi connectivity index (χ2n) is 4.97. The SMILES string of the molecule is CCCC(NCC(=O)Nc1ccc2c(c1)OCCO2)C(=O)O.Cl. The number of halogens is 1. The van der Waals surface area contributed by atoms with Crippen molar-refractivity contribution in [2.24, 2.45) is 0 Å². The molecule has 0 fully saturated rings. The first-order chi connectivity index (χ1) is 10.6.